The predicted molar refractivity (Wildman–Crippen MR) is 182 cm³/mol. The van der Waals surface area contributed by atoms with Gasteiger partial charge in [-0.1, -0.05) is 60.7 Å². The third kappa shape index (κ3) is 12.2. The molecule has 2 heterocycles. The van der Waals surface area contributed by atoms with E-state index < -0.39 is 97.4 Å². The van der Waals surface area contributed by atoms with Gasteiger partial charge < -0.3 is 53.3 Å². The van der Waals surface area contributed by atoms with Gasteiger partial charge in [-0.05, 0) is 11.1 Å². The number of rotatable bonds is 16. The second kappa shape index (κ2) is 19.9. The number of hydrogen-bond acceptors (Lipinski definition) is 14. The summed E-state index contributed by atoms with van der Waals surface area (Å²) in [6.45, 7) is 5.50. The molecule has 2 fully saturated rings. The molecule has 16 nitrogen and oxygen atoms in total. The summed E-state index contributed by atoms with van der Waals surface area (Å²) < 4.78 is 48.1. The Morgan fingerprint density at radius 1 is 0.642 bits per heavy atom. The lowest BCUT2D eigenvalue weighted by molar-refractivity contribution is -0.319. The number of amides is 2. The summed E-state index contributed by atoms with van der Waals surface area (Å²) in [5.41, 5.74) is 1.63. The summed E-state index contributed by atoms with van der Waals surface area (Å²) in [6.07, 6.45) is -9.58. The van der Waals surface area contributed by atoms with Crippen LogP contribution in [0.2, 0.25) is 0 Å². The minimum atomic E-state index is -1.52. The average molecular weight is 743 g/mol. The van der Waals surface area contributed by atoms with E-state index in [1.807, 2.05) is 60.7 Å². The molecule has 0 aliphatic carbocycles. The molecule has 16 heteroatoms. The van der Waals surface area contributed by atoms with Crippen LogP contribution in [0, 0.1) is 0 Å². The Balaban J connectivity index is 1.79. The Morgan fingerprint density at radius 2 is 1.19 bits per heavy atom. The van der Waals surface area contributed by atoms with Crippen molar-refractivity contribution in [2.24, 2.45) is 0 Å². The topological polar surface area (TPSA) is 200 Å². The van der Waals surface area contributed by atoms with Gasteiger partial charge in [0.25, 0.3) is 0 Å². The van der Waals surface area contributed by atoms with Crippen LogP contribution < -0.4 is 10.6 Å². The van der Waals surface area contributed by atoms with Crippen LogP contribution >= 0.6 is 0 Å². The van der Waals surface area contributed by atoms with Crippen LogP contribution in [0.4, 0.5) is 0 Å². The van der Waals surface area contributed by atoms with Crippen molar-refractivity contribution in [3.05, 3.63) is 71.8 Å². The van der Waals surface area contributed by atoms with E-state index in [0.717, 1.165) is 25.0 Å². The van der Waals surface area contributed by atoms with Crippen LogP contribution in [0.3, 0.4) is 0 Å². The number of ether oxygens (including phenoxy) is 8. The number of nitrogens with one attached hydrogen (secondary N) is 2. The number of esters is 3. The van der Waals surface area contributed by atoms with Crippen LogP contribution in [-0.4, -0.2) is 110 Å². The predicted octanol–water partition coefficient (Wildman–Crippen LogP) is 1.30. The molecule has 0 aromatic heterocycles. The molecule has 0 radical (unpaired) electrons. The van der Waals surface area contributed by atoms with Gasteiger partial charge in [-0.2, -0.15) is 0 Å². The molecule has 2 N–H and O–H groups in total. The van der Waals surface area contributed by atoms with Crippen molar-refractivity contribution in [2.75, 3.05) is 13.2 Å². The van der Waals surface area contributed by atoms with Gasteiger partial charge in [-0.15, -0.1) is 0 Å². The lowest BCUT2D eigenvalue weighted by Gasteiger charge is -2.49. The number of carbonyl (C=O) groups excluding carboxylic acids is 6. The maximum absolute atomic E-state index is 12.6. The quantitative estimate of drug-likeness (QED) is 0.142. The first-order valence-electron chi connectivity index (χ1n) is 17.1. The zero-order valence-electron chi connectivity index (χ0n) is 30.2. The first kappa shape index (κ1) is 41.0. The standard InChI is InChI=1S/C37H46N2O14/c1-21(41)38-31-28(16-40)51-29(19-46-17-26-12-8-6-9-13-26)33(35(31)48-18-27-14-10-7-11-15-27)53-37-32(39-22(2)42)36(50-25(5)45)34(49-24(4)44)30(52-37)20-47-23(3)43/h6-16,28-37H,17-20H2,1-5H3,(H,38,41)(H,39,42)/t28-,29?,30?,31?,32?,33-,34-,35?,36?,37+/m1/s1. The second-order valence-corrected chi connectivity index (χ2v) is 12.6. The molecule has 10 atom stereocenters. The van der Waals surface area contributed by atoms with E-state index in [2.05, 4.69) is 10.6 Å². The van der Waals surface area contributed by atoms with Crippen molar-refractivity contribution >= 4 is 36.0 Å². The Kier molecular flexibility index (Phi) is 15.4. The zero-order chi connectivity index (χ0) is 38.5. The summed E-state index contributed by atoms with van der Waals surface area (Å²) in [5.74, 6) is -3.30. The smallest absolute Gasteiger partial charge is 0.303 e. The third-order valence-electron chi connectivity index (χ3n) is 8.28. The van der Waals surface area contributed by atoms with E-state index in [1.54, 1.807) is 0 Å². The Bertz CT molecular complexity index is 1540. The molecule has 0 saturated carbocycles. The highest BCUT2D eigenvalue weighted by molar-refractivity contribution is 5.75. The van der Waals surface area contributed by atoms with Crippen molar-refractivity contribution in [1.82, 2.24) is 10.6 Å². The molecular weight excluding hydrogens is 696 g/mol. The first-order chi connectivity index (χ1) is 25.4. The van der Waals surface area contributed by atoms with Gasteiger partial charge in [0.1, 0.15) is 43.2 Å². The summed E-state index contributed by atoms with van der Waals surface area (Å²) in [5, 5.41) is 5.43. The largest absolute Gasteiger partial charge is 0.463 e. The van der Waals surface area contributed by atoms with E-state index in [4.69, 9.17) is 37.9 Å². The minimum Gasteiger partial charge on any atom is -0.463 e. The highest BCUT2D eigenvalue weighted by Gasteiger charge is 2.55. The maximum Gasteiger partial charge on any atom is 0.303 e. The summed E-state index contributed by atoms with van der Waals surface area (Å²) in [6, 6.07) is 16.0. The van der Waals surface area contributed by atoms with Crippen molar-refractivity contribution in [2.45, 2.75) is 109 Å². The van der Waals surface area contributed by atoms with E-state index in [9.17, 15) is 28.8 Å². The summed E-state index contributed by atoms with van der Waals surface area (Å²) in [4.78, 5) is 74.2. The highest BCUT2D eigenvalue weighted by atomic mass is 16.7. The van der Waals surface area contributed by atoms with E-state index in [-0.39, 0.29) is 19.8 Å². The van der Waals surface area contributed by atoms with Crippen LogP contribution in [-0.2, 0) is 79.9 Å². The molecule has 2 aliphatic heterocycles. The van der Waals surface area contributed by atoms with Crippen molar-refractivity contribution in [3.8, 4) is 0 Å². The molecule has 2 amide bonds. The zero-order valence-corrected chi connectivity index (χ0v) is 30.2. The fourth-order valence-corrected chi connectivity index (χ4v) is 6.18. The van der Waals surface area contributed by atoms with Crippen LogP contribution in [0.25, 0.3) is 0 Å². The van der Waals surface area contributed by atoms with Gasteiger partial charge in [-0.3, -0.25) is 24.0 Å². The fraction of sp³-hybridized carbons (Fsp3) is 0.514. The SMILES string of the molecule is CC(=O)NC1C(OC(C)=O)[C@H](OC(C)=O)C(COC(C)=O)O[C@H]1O[C@@H]1C(COCc2ccccc2)O[C@H](C=O)C(NC(C)=O)C1OCc1ccccc1. The van der Waals surface area contributed by atoms with Crippen LogP contribution in [0.15, 0.2) is 60.7 Å². The normalized spacial score (nSPS) is 28.2. The molecule has 6 unspecified atom stereocenters. The van der Waals surface area contributed by atoms with Crippen LogP contribution in [0.1, 0.15) is 45.7 Å². The fourth-order valence-electron chi connectivity index (χ4n) is 6.18. The van der Waals surface area contributed by atoms with E-state index in [0.29, 0.717) is 6.29 Å². The van der Waals surface area contributed by atoms with Gasteiger partial charge in [0.2, 0.25) is 11.8 Å². The molecule has 53 heavy (non-hydrogen) atoms. The molecule has 2 saturated heterocycles. The van der Waals surface area contributed by atoms with E-state index in [1.165, 1.54) is 20.8 Å². The molecule has 4 rings (SSSR count). The number of hydrogen-bond donors (Lipinski definition) is 2. The molecule has 288 valence electrons. The van der Waals surface area contributed by atoms with Gasteiger partial charge in [0.15, 0.2) is 24.8 Å². The van der Waals surface area contributed by atoms with Gasteiger partial charge >= 0.3 is 17.9 Å². The van der Waals surface area contributed by atoms with Gasteiger partial charge in [0.05, 0.1) is 25.9 Å². The number of carbonyl (C=O) groups is 6. The number of aldehydes is 1. The molecule has 0 spiro atoms. The maximum atomic E-state index is 12.6. The Hall–Kier alpha value is -4.74. The summed E-state index contributed by atoms with van der Waals surface area (Å²) >= 11 is 0. The molecule has 2 aliphatic rings. The molecule has 2 aromatic carbocycles. The lowest BCUT2D eigenvalue weighted by atomic mass is 9.91. The third-order valence-corrected chi connectivity index (χ3v) is 8.28. The van der Waals surface area contributed by atoms with Crippen LogP contribution in [0.5, 0.6) is 0 Å². The molecule has 0 bridgehead atoms. The minimum absolute atomic E-state index is 0.0188. The lowest BCUT2D eigenvalue weighted by Crippen LogP contribution is -2.70. The molecule has 2 aromatic rings. The van der Waals surface area contributed by atoms with Crippen molar-refractivity contribution < 1.29 is 66.7 Å². The summed E-state index contributed by atoms with van der Waals surface area (Å²) in [7, 11) is 0. The molecular formula is C37H46N2O14. The van der Waals surface area contributed by atoms with Gasteiger partial charge in [-0.25, -0.2) is 0 Å². The average Bonchev–Trinajstić information content (AvgIpc) is 3.10. The van der Waals surface area contributed by atoms with Crippen molar-refractivity contribution in [3.63, 3.8) is 0 Å². The van der Waals surface area contributed by atoms with Gasteiger partial charge in [0, 0.05) is 34.6 Å². The highest BCUT2D eigenvalue weighted by Crippen LogP contribution is 2.33. The number of benzene rings is 2. The first-order valence-corrected chi connectivity index (χ1v) is 17.1. The Labute approximate surface area is 307 Å². The monoisotopic (exact) mass is 742 g/mol. The Morgan fingerprint density at radius 3 is 1.74 bits per heavy atom. The van der Waals surface area contributed by atoms with E-state index >= 15 is 0 Å². The van der Waals surface area contributed by atoms with Crippen molar-refractivity contribution in [1.29, 1.82) is 0 Å². The second-order valence-electron chi connectivity index (χ2n) is 12.6.